The van der Waals surface area contributed by atoms with Gasteiger partial charge in [0.25, 0.3) is 0 Å². The van der Waals surface area contributed by atoms with Gasteiger partial charge in [0, 0.05) is 17.8 Å². The molecule has 0 amide bonds. The van der Waals surface area contributed by atoms with Crippen molar-refractivity contribution in [3.63, 3.8) is 0 Å². The topological polar surface area (TPSA) is 60.9 Å². The number of nitrogens with zero attached hydrogens (tertiary/aromatic N) is 2. The maximum atomic E-state index is 12.4. The van der Waals surface area contributed by atoms with E-state index in [-0.39, 0.29) is 12.2 Å². The van der Waals surface area contributed by atoms with Crippen molar-refractivity contribution in [3.05, 3.63) is 45.7 Å². The van der Waals surface area contributed by atoms with Gasteiger partial charge in [0.1, 0.15) is 0 Å². The number of nitrogens with two attached hydrogens (primary N) is 1. The molecule has 0 aliphatic carbocycles. The molecule has 20 heavy (non-hydrogen) atoms. The summed E-state index contributed by atoms with van der Waals surface area (Å²) in [6.07, 6.45) is 0.209. The number of benzene rings is 1. The van der Waals surface area contributed by atoms with Gasteiger partial charge in [0.05, 0.1) is 22.8 Å². The molecule has 1 heterocycles. The number of hydrogen-bond donors (Lipinski definition) is 1. The van der Waals surface area contributed by atoms with E-state index in [1.54, 1.807) is 10.7 Å². The molecule has 1 aromatic carbocycles. The molecule has 0 saturated heterocycles. The fraction of sp³-hybridized carbons (Fsp3) is 0.333. The van der Waals surface area contributed by atoms with Gasteiger partial charge in [-0.2, -0.15) is 5.10 Å². The normalized spacial score (nSPS) is 10.8. The quantitative estimate of drug-likeness (QED) is 0.695. The second kappa shape index (κ2) is 5.67. The predicted octanol–water partition coefficient (Wildman–Crippen LogP) is 3.18. The molecule has 2 aromatic rings. The number of aromatic nitrogens is 2. The molecule has 106 valence electrons. The Labute approximate surface area is 123 Å². The average molecular weight is 292 g/mol. The SMILES string of the molecule is CCn1nc(C)c(Cl)c1CC(=O)c1cc(C)ccc1N. The van der Waals surface area contributed by atoms with Crippen LogP contribution in [0.4, 0.5) is 5.69 Å². The van der Waals surface area contributed by atoms with Crippen molar-refractivity contribution < 1.29 is 4.79 Å². The van der Waals surface area contributed by atoms with E-state index < -0.39 is 0 Å². The van der Waals surface area contributed by atoms with E-state index in [1.807, 2.05) is 32.9 Å². The van der Waals surface area contributed by atoms with Crippen LogP contribution >= 0.6 is 11.6 Å². The van der Waals surface area contributed by atoms with Crippen molar-refractivity contribution in [1.29, 1.82) is 0 Å². The van der Waals surface area contributed by atoms with Gasteiger partial charge in [0.15, 0.2) is 5.78 Å². The van der Waals surface area contributed by atoms with Gasteiger partial charge in [-0.1, -0.05) is 23.2 Å². The first-order chi connectivity index (χ1) is 9.43. The lowest BCUT2D eigenvalue weighted by molar-refractivity contribution is 0.0991. The molecule has 2 rings (SSSR count). The van der Waals surface area contributed by atoms with Gasteiger partial charge in [0.2, 0.25) is 0 Å². The molecule has 0 spiro atoms. The third-order valence-electron chi connectivity index (χ3n) is 3.29. The minimum absolute atomic E-state index is 0.0392. The minimum Gasteiger partial charge on any atom is -0.398 e. The summed E-state index contributed by atoms with van der Waals surface area (Å²) in [4.78, 5) is 12.4. The van der Waals surface area contributed by atoms with Gasteiger partial charge in [-0.25, -0.2) is 0 Å². The van der Waals surface area contributed by atoms with Crippen LogP contribution in [-0.2, 0) is 13.0 Å². The Morgan fingerprint density at radius 3 is 2.75 bits per heavy atom. The Bertz CT molecular complexity index is 661. The summed E-state index contributed by atoms with van der Waals surface area (Å²) in [6, 6.07) is 5.46. The van der Waals surface area contributed by atoms with E-state index in [4.69, 9.17) is 17.3 Å². The van der Waals surface area contributed by atoms with Crippen LogP contribution in [-0.4, -0.2) is 15.6 Å². The first-order valence-electron chi connectivity index (χ1n) is 6.55. The Hall–Kier alpha value is -1.81. The lowest BCUT2D eigenvalue weighted by Gasteiger charge is -2.08. The summed E-state index contributed by atoms with van der Waals surface area (Å²) in [5.74, 6) is -0.0392. The van der Waals surface area contributed by atoms with E-state index >= 15 is 0 Å². The van der Waals surface area contributed by atoms with E-state index in [9.17, 15) is 4.79 Å². The molecule has 0 radical (unpaired) electrons. The van der Waals surface area contributed by atoms with Gasteiger partial charge < -0.3 is 5.73 Å². The fourth-order valence-corrected chi connectivity index (χ4v) is 2.40. The van der Waals surface area contributed by atoms with E-state index in [2.05, 4.69) is 5.10 Å². The third kappa shape index (κ3) is 2.70. The van der Waals surface area contributed by atoms with Crippen molar-refractivity contribution in [2.45, 2.75) is 33.7 Å². The third-order valence-corrected chi connectivity index (χ3v) is 3.78. The van der Waals surface area contributed by atoms with Crippen molar-refractivity contribution in [2.75, 3.05) is 5.73 Å². The average Bonchev–Trinajstić information content (AvgIpc) is 2.69. The van der Waals surface area contributed by atoms with Gasteiger partial charge in [-0.05, 0) is 32.9 Å². The summed E-state index contributed by atoms with van der Waals surface area (Å²) in [5, 5.41) is 4.88. The number of ketones is 1. The van der Waals surface area contributed by atoms with E-state index in [0.29, 0.717) is 22.8 Å². The Kier molecular flexibility index (Phi) is 4.14. The molecule has 2 N–H and O–H groups in total. The highest BCUT2D eigenvalue weighted by Crippen LogP contribution is 2.23. The van der Waals surface area contributed by atoms with E-state index in [0.717, 1.165) is 17.0 Å². The van der Waals surface area contributed by atoms with Crippen molar-refractivity contribution >= 4 is 23.1 Å². The smallest absolute Gasteiger partial charge is 0.170 e. The number of nitrogen functional groups attached to an aromatic ring is 1. The Balaban J connectivity index is 2.35. The first kappa shape index (κ1) is 14.6. The van der Waals surface area contributed by atoms with Crippen LogP contribution in [0.15, 0.2) is 18.2 Å². The lowest BCUT2D eigenvalue weighted by atomic mass is 10.0. The van der Waals surface area contributed by atoms with Crippen LogP contribution in [0.25, 0.3) is 0 Å². The number of rotatable bonds is 4. The zero-order chi connectivity index (χ0) is 14.9. The highest BCUT2D eigenvalue weighted by molar-refractivity contribution is 6.32. The summed E-state index contributed by atoms with van der Waals surface area (Å²) in [6.45, 7) is 6.42. The van der Waals surface area contributed by atoms with Crippen LogP contribution < -0.4 is 5.73 Å². The second-order valence-electron chi connectivity index (χ2n) is 4.85. The molecular formula is C15H18ClN3O. The zero-order valence-corrected chi connectivity index (χ0v) is 12.7. The fourth-order valence-electron chi connectivity index (χ4n) is 2.20. The van der Waals surface area contributed by atoms with Gasteiger partial charge in [-0.3, -0.25) is 9.48 Å². The molecular weight excluding hydrogens is 274 g/mol. The summed E-state index contributed by atoms with van der Waals surface area (Å²) >= 11 is 6.23. The molecule has 0 aliphatic heterocycles. The maximum Gasteiger partial charge on any atom is 0.170 e. The van der Waals surface area contributed by atoms with Crippen LogP contribution in [0.5, 0.6) is 0 Å². The molecule has 0 fully saturated rings. The van der Waals surface area contributed by atoms with Crippen LogP contribution in [0.3, 0.4) is 0 Å². The maximum absolute atomic E-state index is 12.4. The predicted molar refractivity (Wildman–Crippen MR) is 81.3 cm³/mol. The van der Waals surface area contributed by atoms with Gasteiger partial charge in [-0.15, -0.1) is 0 Å². The molecule has 0 aliphatic rings. The highest BCUT2D eigenvalue weighted by atomic mass is 35.5. The molecule has 0 atom stereocenters. The van der Waals surface area contributed by atoms with Crippen LogP contribution in [0.1, 0.15) is 34.2 Å². The highest BCUT2D eigenvalue weighted by Gasteiger charge is 2.18. The monoisotopic (exact) mass is 291 g/mol. The van der Waals surface area contributed by atoms with Crippen molar-refractivity contribution in [3.8, 4) is 0 Å². The first-order valence-corrected chi connectivity index (χ1v) is 6.93. The standard InChI is InChI=1S/C15H18ClN3O/c1-4-19-13(15(16)10(3)18-19)8-14(20)11-7-9(2)5-6-12(11)17/h5-7H,4,8,17H2,1-3H3. The number of carbonyl (C=O) groups excluding carboxylic acids is 1. The lowest BCUT2D eigenvalue weighted by Crippen LogP contribution is -2.12. The summed E-state index contributed by atoms with van der Waals surface area (Å²) in [5.41, 5.74) is 9.42. The second-order valence-corrected chi connectivity index (χ2v) is 5.23. The number of Topliss-reactive ketones (excluding diaryl/α,β-unsaturated/α-hetero) is 1. The van der Waals surface area contributed by atoms with E-state index in [1.165, 1.54) is 0 Å². The molecule has 5 heteroatoms. The van der Waals surface area contributed by atoms with Gasteiger partial charge >= 0.3 is 0 Å². The molecule has 0 saturated carbocycles. The molecule has 0 bridgehead atoms. The number of hydrogen-bond acceptors (Lipinski definition) is 3. The number of aryl methyl sites for hydroxylation is 3. The number of carbonyl (C=O) groups is 1. The van der Waals surface area contributed by atoms with Crippen LogP contribution in [0, 0.1) is 13.8 Å². The number of halogens is 1. The Morgan fingerprint density at radius 2 is 2.10 bits per heavy atom. The Morgan fingerprint density at radius 1 is 1.40 bits per heavy atom. The largest absolute Gasteiger partial charge is 0.398 e. The molecule has 1 aromatic heterocycles. The number of anilines is 1. The van der Waals surface area contributed by atoms with Crippen molar-refractivity contribution in [2.24, 2.45) is 0 Å². The summed E-state index contributed by atoms with van der Waals surface area (Å²) < 4.78 is 1.77. The van der Waals surface area contributed by atoms with Crippen molar-refractivity contribution in [1.82, 2.24) is 9.78 Å². The van der Waals surface area contributed by atoms with Crippen LogP contribution in [0.2, 0.25) is 5.02 Å². The summed E-state index contributed by atoms with van der Waals surface area (Å²) in [7, 11) is 0. The minimum atomic E-state index is -0.0392. The molecule has 0 unspecified atom stereocenters. The molecule has 4 nitrogen and oxygen atoms in total. The zero-order valence-electron chi connectivity index (χ0n) is 11.9.